The first kappa shape index (κ1) is 39.1. The molecule has 4 aromatic rings. The molecule has 0 aliphatic rings. The number of hydrogen-bond acceptors (Lipinski definition) is 8. The second-order valence-electron chi connectivity index (χ2n) is 12.3. The number of nitrogens with zero attached hydrogens (tertiary/aromatic N) is 4. The van der Waals surface area contributed by atoms with Crippen molar-refractivity contribution in [3.8, 4) is 12.0 Å². The van der Waals surface area contributed by atoms with Crippen molar-refractivity contribution >= 4 is 35.1 Å². The van der Waals surface area contributed by atoms with Crippen LogP contribution < -0.4 is 9.47 Å². The van der Waals surface area contributed by atoms with Crippen LogP contribution in [-0.2, 0) is 45.4 Å². The fourth-order valence-corrected chi connectivity index (χ4v) is 5.66. The Morgan fingerprint density at radius 3 is 1.40 bits per heavy atom. The van der Waals surface area contributed by atoms with Crippen LogP contribution in [0, 0.1) is 0 Å². The Morgan fingerprint density at radius 2 is 1.02 bits per heavy atom. The topological polar surface area (TPSA) is 107 Å². The van der Waals surface area contributed by atoms with E-state index < -0.39 is 11.9 Å². The van der Waals surface area contributed by atoms with Gasteiger partial charge in [-0.3, -0.25) is 0 Å². The van der Waals surface area contributed by atoms with Gasteiger partial charge in [-0.1, -0.05) is 99.8 Å². The van der Waals surface area contributed by atoms with E-state index >= 15 is 0 Å². The van der Waals surface area contributed by atoms with Gasteiger partial charge in [0.05, 0.1) is 25.4 Å². The maximum atomic E-state index is 12.8. The lowest BCUT2D eigenvalue weighted by Crippen LogP contribution is -2.28. The molecule has 2 unspecified atom stereocenters. The quantitative estimate of drug-likeness (QED) is 0.0449. The van der Waals surface area contributed by atoms with E-state index in [1.54, 1.807) is 21.5 Å². The summed E-state index contributed by atoms with van der Waals surface area (Å²) >= 11 is 12.0. The number of ether oxygens (including phenoxy) is 4. The summed E-state index contributed by atoms with van der Waals surface area (Å²) in [6.45, 7) is 6.24. The van der Waals surface area contributed by atoms with E-state index in [4.69, 9.17) is 42.1 Å². The van der Waals surface area contributed by atoms with Gasteiger partial charge in [0.2, 0.25) is 0 Å². The molecule has 2 atom stereocenters. The number of carbonyl (C=O) groups is 2. The molecule has 0 N–H and O–H groups in total. The van der Waals surface area contributed by atoms with Crippen molar-refractivity contribution in [2.75, 3.05) is 0 Å². The molecule has 0 radical (unpaired) electrons. The first-order valence-electron chi connectivity index (χ1n) is 17.5. The summed E-state index contributed by atoms with van der Waals surface area (Å²) in [5.41, 5.74) is 2.08. The average Bonchev–Trinajstić information content (AvgIpc) is 3.76. The Balaban J connectivity index is 1.28. The third-order valence-electron chi connectivity index (χ3n) is 8.33. The number of esters is 2. The van der Waals surface area contributed by atoms with Crippen molar-refractivity contribution in [1.29, 1.82) is 0 Å². The normalized spacial score (nSPS) is 12.5. The third-order valence-corrected chi connectivity index (χ3v) is 8.83. The molecule has 270 valence electrons. The van der Waals surface area contributed by atoms with Crippen molar-refractivity contribution in [2.24, 2.45) is 0 Å². The van der Waals surface area contributed by atoms with Gasteiger partial charge in [-0.05, 0) is 61.1 Å². The van der Waals surface area contributed by atoms with Gasteiger partial charge in [-0.25, -0.2) is 19.6 Å². The molecule has 2 aromatic carbocycles. The summed E-state index contributed by atoms with van der Waals surface area (Å²) in [5.74, 6) is -2.37. The first-order chi connectivity index (χ1) is 24.3. The van der Waals surface area contributed by atoms with Crippen LogP contribution in [0.25, 0.3) is 0 Å². The van der Waals surface area contributed by atoms with Crippen LogP contribution in [0.1, 0.15) is 89.2 Å². The van der Waals surface area contributed by atoms with Gasteiger partial charge in [0, 0.05) is 47.9 Å². The van der Waals surface area contributed by atoms with Crippen LogP contribution in [0.5, 0.6) is 12.0 Å². The molecular weight excluding hydrogens is 679 g/mol. The molecular formula is C38H48Cl2N4O6. The number of benzene rings is 2. The molecule has 10 nitrogen and oxygen atoms in total. The van der Waals surface area contributed by atoms with E-state index in [0.717, 1.165) is 62.5 Å². The smallest absolute Gasteiger partial charge is 0.383 e. The number of imidazole rings is 2. The van der Waals surface area contributed by atoms with E-state index in [2.05, 4.69) is 23.8 Å². The summed E-state index contributed by atoms with van der Waals surface area (Å²) in [5, 5.41) is 1.37. The minimum atomic E-state index is -1.19. The maximum absolute atomic E-state index is 12.8. The number of halogens is 2. The summed E-state index contributed by atoms with van der Waals surface area (Å²) in [6.07, 6.45) is 16.1. The summed E-state index contributed by atoms with van der Waals surface area (Å²) < 4.78 is 26.6. The Morgan fingerprint density at radius 1 is 0.620 bits per heavy atom. The van der Waals surface area contributed by atoms with Crippen LogP contribution >= 0.6 is 23.2 Å². The van der Waals surface area contributed by atoms with Crippen molar-refractivity contribution in [3.63, 3.8) is 0 Å². The fraction of sp³-hybridized carbons (Fsp3) is 0.474. The first-order valence-corrected chi connectivity index (χ1v) is 18.3. The molecule has 12 heteroatoms. The lowest BCUT2D eigenvalue weighted by atomic mass is 10.1. The van der Waals surface area contributed by atoms with Gasteiger partial charge in [0.15, 0.2) is 0 Å². The average molecular weight is 728 g/mol. The monoisotopic (exact) mass is 726 g/mol. The van der Waals surface area contributed by atoms with E-state index in [9.17, 15) is 9.59 Å². The molecule has 0 saturated heterocycles. The standard InChI is InChI=1S/C38H48Cl2N4O6/c1-3-5-7-9-33(47-27-29-11-15-31(39)16-12-29)19-23-43-25-21-41-37(43)49-35(45)36(46)50-38-42-22-26-44(38)24-20-34(10-8-6-4-2)48-28-30-13-17-32(40)18-14-30/h11-18,21-22,25-26,33-34H,3-10,19-20,23-24,27-28H2,1-2H3. The zero-order valence-corrected chi connectivity index (χ0v) is 30.5. The van der Waals surface area contributed by atoms with Gasteiger partial charge < -0.3 is 28.1 Å². The number of hydrogen-bond donors (Lipinski definition) is 0. The second-order valence-corrected chi connectivity index (χ2v) is 13.1. The second kappa shape index (κ2) is 21.5. The van der Waals surface area contributed by atoms with Gasteiger partial charge in [-0.2, -0.15) is 0 Å². The maximum Gasteiger partial charge on any atom is 0.425 e. The molecule has 0 amide bonds. The highest BCUT2D eigenvalue weighted by Gasteiger charge is 2.24. The summed E-state index contributed by atoms with van der Waals surface area (Å²) in [4.78, 5) is 33.9. The predicted molar refractivity (Wildman–Crippen MR) is 193 cm³/mol. The molecule has 2 heterocycles. The van der Waals surface area contributed by atoms with Crippen LogP contribution in [0.2, 0.25) is 10.0 Å². The van der Waals surface area contributed by atoms with Gasteiger partial charge in [0.25, 0.3) is 0 Å². The molecule has 0 aliphatic heterocycles. The largest absolute Gasteiger partial charge is 0.425 e. The van der Waals surface area contributed by atoms with Crippen molar-refractivity contribution in [1.82, 2.24) is 19.1 Å². The third kappa shape index (κ3) is 13.5. The Kier molecular flexibility index (Phi) is 16.8. The number of carbonyl (C=O) groups excluding carboxylic acids is 2. The minimum absolute atomic E-state index is 0.00746. The Bertz CT molecular complexity index is 1460. The molecule has 0 aliphatic carbocycles. The van der Waals surface area contributed by atoms with E-state index in [1.807, 2.05) is 48.5 Å². The fourth-order valence-electron chi connectivity index (χ4n) is 5.41. The van der Waals surface area contributed by atoms with Crippen molar-refractivity contribution in [2.45, 2.75) is 117 Å². The molecule has 0 fully saturated rings. The summed E-state index contributed by atoms with van der Waals surface area (Å²) in [6, 6.07) is 15.2. The molecule has 4 rings (SSSR count). The Labute approximate surface area is 305 Å². The molecule has 50 heavy (non-hydrogen) atoms. The predicted octanol–water partition coefficient (Wildman–Crippen LogP) is 9.01. The van der Waals surface area contributed by atoms with Gasteiger partial charge in [-0.15, -0.1) is 0 Å². The highest BCUT2D eigenvalue weighted by molar-refractivity contribution is 6.31. The molecule has 0 saturated carbocycles. The lowest BCUT2D eigenvalue weighted by Gasteiger charge is -2.19. The van der Waals surface area contributed by atoms with Crippen LogP contribution in [0.4, 0.5) is 0 Å². The number of rotatable bonds is 22. The van der Waals surface area contributed by atoms with Crippen molar-refractivity contribution < 1.29 is 28.5 Å². The highest BCUT2D eigenvalue weighted by atomic mass is 35.5. The van der Waals surface area contributed by atoms with Crippen LogP contribution in [0.3, 0.4) is 0 Å². The molecule has 0 bridgehead atoms. The summed E-state index contributed by atoms with van der Waals surface area (Å²) in [7, 11) is 0. The zero-order chi connectivity index (χ0) is 35.6. The molecule has 2 aromatic heterocycles. The van der Waals surface area contributed by atoms with Gasteiger partial charge >= 0.3 is 24.0 Å². The van der Waals surface area contributed by atoms with E-state index in [1.165, 1.54) is 12.4 Å². The SMILES string of the molecule is CCCCCC(CCn1ccnc1OC(=O)C(=O)Oc1nccn1CCC(CCCCC)OCc1ccc(Cl)cc1)OCc1ccc(Cl)cc1. The molecule has 0 spiro atoms. The Hall–Kier alpha value is -3.70. The van der Waals surface area contributed by atoms with E-state index in [0.29, 0.717) is 49.2 Å². The number of aromatic nitrogens is 4. The zero-order valence-electron chi connectivity index (χ0n) is 29.0. The van der Waals surface area contributed by atoms with Crippen LogP contribution in [0.15, 0.2) is 73.3 Å². The lowest BCUT2D eigenvalue weighted by molar-refractivity contribution is -0.157. The highest BCUT2D eigenvalue weighted by Crippen LogP contribution is 2.20. The number of unbranched alkanes of at least 4 members (excludes halogenated alkanes) is 4. The van der Waals surface area contributed by atoms with Crippen LogP contribution in [-0.4, -0.2) is 43.2 Å². The number of aryl methyl sites for hydroxylation is 2. The minimum Gasteiger partial charge on any atom is -0.383 e. The van der Waals surface area contributed by atoms with Crippen molar-refractivity contribution in [3.05, 3.63) is 94.5 Å². The van der Waals surface area contributed by atoms with E-state index in [-0.39, 0.29) is 24.2 Å². The van der Waals surface area contributed by atoms with Gasteiger partial charge in [0.1, 0.15) is 0 Å².